The first-order valence-electron chi connectivity index (χ1n) is 7.11. The van der Waals surface area contributed by atoms with Crippen LogP contribution in [0.4, 0.5) is 0 Å². The van der Waals surface area contributed by atoms with Crippen LogP contribution in [-0.2, 0) is 13.4 Å². The monoisotopic (exact) mass is 314 g/mol. The normalized spacial score (nSPS) is 21.4. The third-order valence-corrected chi connectivity index (χ3v) is 8.31. The highest BCUT2D eigenvalue weighted by Crippen LogP contribution is 2.66. The largest absolute Gasteiger partial charge is 0.338 e. The first kappa shape index (κ1) is 19.3. The highest BCUT2D eigenvalue weighted by Gasteiger charge is 2.41. The maximum atomic E-state index is 12.2. The molecule has 0 aromatic rings. The average Bonchev–Trinajstić information content (AvgIpc) is 2.30. The van der Waals surface area contributed by atoms with Gasteiger partial charge in [-0.25, -0.2) is 4.31 Å². The van der Waals surface area contributed by atoms with Crippen molar-refractivity contribution in [1.29, 1.82) is 0 Å². The summed E-state index contributed by atoms with van der Waals surface area (Å²) in [6.07, 6.45) is 3.46. The molecule has 0 aromatic carbocycles. The van der Waals surface area contributed by atoms with E-state index in [1.54, 1.807) is 13.8 Å². The molecule has 19 heavy (non-hydrogen) atoms. The standard InChI is InChI=1S/C12H28O5P2/c1-5-9-11(7-3)18(13,14)17-19(15,16)12(8-4)10-6-2/h11-12H,5-10H2,1-4H3,(H,13,14)(H,15,16). The van der Waals surface area contributed by atoms with E-state index in [1.807, 2.05) is 13.8 Å². The molecule has 2 N–H and O–H groups in total. The molecule has 0 aromatic heterocycles. The van der Waals surface area contributed by atoms with Gasteiger partial charge in [0.05, 0.1) is 11.3 Å². The Morgan fingerprint density at radius 3 is 1.37 bits per heavy atom. The van der Waals surface area contributed by atoms with Crippen molar-refractivity contribution >= 4 is 15.2 Å². The second-order valence-corrected chi connectivity index (χ2v) is 9.28. The molecule has 7 heteroatoms. The van der Waals surface area contributed by atoms with E-state index in [-0.39, 0.29) is 0 Å². The van der Waals surface area contributed by atoms with Crippen molar-refractivity contribution in [1.82, 2.24) is 0 Å². The van der Waals surface area contributed by atoms with Crippen LogP contribution in [0.3, 0.4) is 0 Å². The lowest BCUT2D eigenvalue weighted by Crippen LogP contribution is -2.13. The van der Waals surface area contributed by atoms with Gasteiger partial charge in [0, 0.05) is 0 Å². The van der Waals surface area contributed by atoms with Crippen molar-refractivity contribution in [3.8, 4) is 0 Å². The van der Waals surface area contributed by atoms with Crippen LogP contribution >= 0.6 is 15.2 Å². The second kappa shape index (κ2) is 8.59. The highest BCUT2D eigenvalue weighted by atomic mass is 31.3. The summed E-state index contributed by atoms with van der Waals surface area (Å²) >= 11 is 0. The minimum absolute atomic E-state index is 0.464. The molecule has 0 aliphatic heterocycles. The van der Waals surface area contributed by atoms with Gasteiger partial charge in [0.2, 0.25) is 0 Å². The van der Waals surface area contributed by atoms with Gasteiger partial charge in [-0.15, -0.1) is 0 Å². The zero-order valence-corrected chi connectivity index (χ0v) is 14.2. The van der Waals surface area contributed by atoms with Crippen LogP contribution in [0.5, 0.6) is 0 Å². The van der Waals surface area contributed by atoms with E-state index < -0.39 is 26.5 Å². The van der Waals surface area contributed by atoms with Crippen molar-refractivity contribution in [2.24, 2.45) is 0 Å². The second-order valence-electron chi connectivity index (χ2n) is 4.91. The molecule has 0 fully saturated rings. The molecular weight excluding hydrogens is 286 g/mol. The Labute approximate surface area is 116 Å². The third-order valence-electron chi connectivity index (χ3n) is 3.34. The van der Waals surface area contributed by atoms with Crippen molar-refractivity contribution < 1.29 is 23.2 Å². The Balaban J connectivity index is 4.96. The number of hydrogen-bond acceptors (Lipinski definition) is 3. The van der Waals surface area contributed by atoms with Crippen LogP contribution < -0.4 is 0 Å². The van der Waals surface area contributed by atoms with Crippen LogP contribution in [0.1, 0.15) is 66.2 Å². The third kappa shape index (κ3) is 6.10. The quantitative estimate of drug-likeness (QED) is 0.579. The minimum Gasteiger partial charge on any atom is -0.324 e. The molecule has 0 amide bonds. The fourth-order valence-electron chi connectivity index (χ4n) is 2.16. The molecule has 0 aliphatic carbocycles. The van der Waals surface area contributed by atoms with Gasteiger partial charge in [0.1, 0.15) is 0 Å². The average molecular weight is 314 g/mol. The van der Waals surface area contributed by atoms with Crippen LogP contribution in [0, 0.1) is 0 Å². The highest BCUT2D eigenvalue weighted by molar-refractivity contribution is 7.67. The number of rotatable bonds is 10. The van der Waals surface area contributed by atoms with E-state index >= 15 is 0 Å². The van der Waals surface area contributed by atoms with Crippen LogP contribution in [0.15, 0.2) is 0 Å². The summed E-state index contributed by atoms with van der Waals surface area (Å²) < 4.78 is 29.2. The molecule has 0 saturated heterocycles. The van der Waals surface area contributed by atoms with E-state index in [9.17, 15) is 18.9 Å². The molecule has 0 radical (unpaired) electrons. The molecule has 116 valence electrons. The Morgan fingerprint density at radius 1 is 0.842 bits per heavy atom. The molecular formula is C12H28O5P2. The Morgan fingerprint density at radius 2 is 1.16 bits per heavy atom. The van der Waals surface area contributed by atoms with Crippen LogP contribution in [0.2, 0.25) is 0 Å². The summed E-state index contributed by atoms with van der Waals surface area (Å²) in [5.74, 6) is 0. The van der Waals surface area contributed by atoms with E-state index in [0.29, 0.717) is 25.7 Å². The first-order chi connectivity index (χ1) is 8.75. The predicted molar refractivity (Wildman–Crippen MR) is 78.7 cm³/mol. The van der Waals surface area contributed by atoms with Gasteiger partial charge < -0.3 is 9.79 Å². The summed E-state index contributed by atoms with van der Waals surface area (Å²) in [6, 6.07) is 0. The van der Waals surface area contributed by atoms with Gasteiger partial charge >= 0.3 is 15.2 Å². The fourth-order valence-corrected chi connectivity index (χ4v) is 6.66. The lowest BCUT2D eigenvalue weighted by Gasteiger charge is -2.27. The van der Waals surface area contributed by atoms with Gasteiger partial charge in [-0.1, -0.05) is 40.5 Å². The van der Waals surface area contributed by atoms with Crippen molar-refractivity contribution in [3.63, 3.8) is 0 Å². The van der Waals surface area contributed by atoms with Crippen LogP contribution in [-0.4, -0.2) is 21.1 Å². The number of hydrogen-bond donors (Lipinski definition) is 2. The summed E-state index contributed by atoms with van der Waals surface area (Å²) in [5.41, 5.74) is -1.12. The molecule has 0 spiro atoms. The topological polar surface area (TPSA) is 83.8 Å². The molecule has 0 heterocycles. The minimum atomic E-state index is -4.04. The van der Waals surface area contributed by atoms with Crippen molar-refractivity contribution in [2.75, 3.05) is 0 Å². The van der Waals surface area contributed by atoms with Crippen molar-refractivity contribution in [2.45, 2.75) is 77.5 Å². The summed E-state index contributed by atoms with van der Waals surface area (Å²) in [5, 5.41) is 0. The Kier molecular flexibility index (Phi) is 8.74. The molecule has 5 nitrogen and oxygen atoms in total. The first-order valence-corrected chi connectivity index (χ1v) is 10.4. The maximum absolute atomic E-state index is 12.2. The molecule has 0 aliphatic rings. The lowest BCUT2D eigenvalue weighted by atomic mass is 10.2. The van der Waals surface area contributed by atoms with E-state index in [0.717, 1.165) is 12.8 Å². The maximum Gasteiger partial charge on any atom is 0.338 e. The summed E-state index contributed by atoms with van der Waals surface area (Å²) in [7, 11) is -8.09. The smallest absolute Gasteiger partial charge is 0.324 e. The van der Waals surface area contributed by atoms with Crippen molar-refractivity contribution in [3.05, 3.63) is 0 Å². The van der Waals surface area contributed by atoms with Gasteiger partial charge in [-0.05, 0) is 25.7 Å². The SMILES string of the molecule is CCCC(CC)P(=O)(O)OP(=O)(O)C(CC)CCC. The lowest BCUT2D eigenvalue weighted by molar-refractivity contribution is 0.308. The Hall–Kier alpha value is 0.340. The van der Waals surface area contributed by atoms with Crippen LogP contribution in [0.25, 0.3) is 0 Å². The predicted octanol–water partition coefficient (Wildman–Crippen LogP) is 4.53. The molecule has 0 bridgehead atoms. The van der Waals surface area contributed by atoms with E-state index in [4.69, 9.17) is 4.31 Å². The van der Waals surface area contributed by atoms with E-state index in [1.165, 1.54) is 0 Å². The molecule has 0 saturated carbocycles. The fraction of sp³-hybridized carbons (Fsp3) is 1.00. The van der Waals surface area contributed by atoms with Gasteiger partial charge in [0.15, 0.2) is 0 Å². The summed E-state index contributed by atoms with van der Waals surface area (Å²) in [6.45, 7) is 7.40. The van der Waals surface area contributed by atoms with Gasteiger partial charge in [-0.3, -0.25) is 9.13 Å². The zero-order chi connectivity index (χ0) is 15.1. The molecule has 0 rings (SSSR count). The molecule has 4 unspecified atom stereocenters. The molecule has 4 atom stereocenters. The zero-order valence-electron chi connectivity index (χ0n) is 12.4. The van der Waals surface area contributed by atoms with Gasteiger partial charge in [-0.2, -0.15) is 0 Å². The van der Waals surface area contributed by atoms with E-state index in [2.05, 4.69) is 0 Å². The summed E-state index contributed by atoms with van der Waals surface area (Å²) in [4.78, 5) is 19.9. The van der Waals surface area contributed by atoms with Gasteiger partial charge in [0.25, 0.3) is 0 Å². The Bertz CT molecular complexity index is 313.